The van der Waals surface area contributed by atoms with Crippen molar-refractivity contribution in [3.63, 3.8) is 0 Å². The summed E-state index contributed by atoms with van der Waals surface area (Å²) in [5.74, 6) is -3.48. The molecule has 9 rings (SSSR count). The van der Waals surface area contributed by atoms with Gasteiger partial charge in [-0.05, 0) is 84.2 Å². The number of amides is 5. The van der Waals surface area contributed by atoms with Gasteiger partial charge in [-0.1, -0.05) is 56.6 Å². The second-order valence-corrected chi connectivity index (χ2v) is 19.8. The molecule has 1 unspecified atom stereocenters. The third-order valence-corrected chi connectivity index (χ3v) is 14.3. The van der Waals surface area contributed by atoms with E-state index in [1.165, 1.54) is 24.3 Å². The molecular weight excluding hydrogens is 894 g/mol. The molecule has 3 aromatic carbocycles. The zero-order valence-corrected chi connectivity index (χ0v) is 38.0. The van der Waals surface area contributed by atoms with Gasteiger partial charge >= 0.3 is 6.18 Å². The minimum atomic E-state index is -4.71. The van der Waals surface area contributed by atoms with Crippen LogP contribution in [0.3, 0.4) is 0 Å². The van der Waals surface area contributed by atoms with Gasteiger partial charge in [-0.25, -0.2) is 4.39 Å². The van der Waals surface area contributed by atoms with Crippen LogP contribution in [0.2, 0.25) is 5.02 Å². The van der Waals surface area contributed by atoms with Crippen LogP contribution in [0.1, 0.15) is 113 Å². The van der Waals surface area contributed by atoms with Crippen molar-refractivity contribution >= 4 is 52.5 Å². The maximum Gasteiger partial charge on any atom is 0.433 e. The number of hydrogen-bond donors (Lipinski definition) is 4. The molecule has 5 aliphatic heterocycles. The van der Waals surface area contributed by atoms with Crippen molar-refractivity contribution in [3.8, 4) is 5.75 Å². The lowest BCUT2D eigenvalue weighted by atomic mass is 9.63. The Morgan fingerprint density at radius 3 is 2.55 bits per heavy atom. The molecule has 67 heavy (non-hydrogen) atoms. The number of methoxy groups -OCH3 is 1. The van der Waals surface area contributed by atoms with E-state index in [4.69, 9.17) is 16.3 Å². The fourth-order valence-corrected chi connectivity index (χ4v) is 11.1. The predicted octanol–water partition coefficient (Wildman–Crippen LogP) is 7.54. The summed E-state index contributed by atoms with van der Waals surface area (Å²) in [4.78, 5) is 73.6. The lowest BCUT2D eigenvalue weighted by Crippen LogP contribution is -2.52. The molecule has 3 fully saturated rings. The van der Waals surface area contributed by atoms with Crippen LogP contribution in [0.15, 0.2) is 66.9 Å². The van der Waals surface area contributed by atoms with Gasteiger partial charge in [0.05, 0.1) is 23.9 Å². The molecular formula is C49H50ClF4N7O6. The second kappa shape index (κ2) is 17.2. The molecule has 4 aromatic rings. The molecule has 4 N–H and O–H groups in total. The summed E-state index contributed by atoms with van der Waals surface area (Å²) in [6.07, 6.45) is -1.12. The van der Waals surface area contributed by atoms with Gasteiger partial charge in [-0.3, -0.25) is 34.3 Å². The molecule has 0 aliphatic carbocycles. The topological polar surface area (TPSA) is 162 Å². The van der Waals surface area contributed by atoms with Crippen LogP contribution < -0.4 is 26.0 Å². The lowest BCUT2D eigenvalue weighted by Gasteiger charge is -2.39. The first kappa shape index (κ1) is 46.1. The van der Waals surface area contributed by atoms with E-state index in [2.05, 4.69) is 26.3 Å². The van der Waals surface area contributed by atoms with Gasteiger partial charge in [0.25, 0.3) is 11.8 Å². The van der Waals surface area contributed by atoms with Crippen molar-refractivity contribution in [2.24, 2.45) is 5.41 Å². The summed E-state index contributed by atoms with van der Waals surface area (Å²) < 4.78 is 63.7. The smallest absolute Gasteiger partial charge is 0.433 e. The number of halogens is 5. The Balaban J connectivity index is 0.961. The van der Waals surface area contributed by atoms with Gasteiger partial charge in [0.1, 0.15) is 23.3 Å². The van der Waals surface area contributed by atoms with E-state index >= 15 is 4.39 Å². The van der Waals surface area contributed by atoms with E-state index in [-0.39, 0.29) is 82.7 Å². The van der Waals surface area contributed by atoms with Crippen molar-refractivity contribution in [1.29, 1.82) is 0 Å². The number of anilines is 2. The molecule has 352 valence electrons. The van der Waals surface area contributed by atoms with Crippen LogP contribution in [0.25, 0.3) is 0 Å². The fraction of sp³-hybridized carbons (Fsp3) is 0.429. The van der Waals surface area contributed by atoms with Gasteiger partial charge < -0.3 is 30.5 Å². The van der Waals surface area contributed by atoms with Gasteiger partial charge in [0, 0.05) is 84.5 Å². The zero-order valence-electron chi connectivity index (χ0n) is 37.3. The first-order chi connectivity index (χ1) is 31.8. The molecule has 0 bridgehead atoms. The highest BCUT2D eigenvalue weighted by Crippen LogP contribution is 2.57. The summed E-state index contributed by atoms with van der Waals surface area (Å²) in [7, 11) is 1.41. The number of ether oxygens (including phenoxy) is 1. The molecule has 3 saturated heterocycles. The number of piperidine rings is 2. The zero-order chi connectivity index (χ0) is 47.7. The molecule has 0 radical (unpaired) electrons. The SMILES string of the molecule is COc1cc(C(=O)N2CCC[C@H](c3ccc4c(c3)CN(C3CCC(=O)NC3=O)C4=O)C2)ccc1NC(=O)[C@@H]1N[C@@H](CC(C)(C)C)[C@@]2(CNc3cc(C(F)(F)F)ncc32)[C@H]1c1cccc(Cl)c1F. The standard InChI is InChI=1S/C49H50ClF4N7O6/c1-47(2,3)20-38-48(24-56-34-19-37(49(52,53)54)55-21-31(34)48)40(30-8-5-9-32(50)41(30)51)42(58-38)44(64)57-33-13-11-26(18-36(33)67-4)45(65)60-16-6-7-27(22-60)25-10-12-29-28(17-25)23-61(46(29)66)35-14-15-39(62)59-43(35)63/h5,8-13,17-19,21,27,35,38,40,42,56,58H,6-7,14-16,20,22-24H2,1-4H3,(H,57,64)(H,59,62,63)/t27-,35?,38-,40-,42+,48-/m0/s1. The van der Waals surface area contributed by atoms with Crippen LogP contribution in [0.5, 0.6) is 5.75 Å². The van der Waals surface area contributed by atoms with Gasteiger partial charge in [0.15, 0.2) is 0 Å². The summed E-state index contributed by atoms with van der Waals surface area (Å²) >= 11 is 6.37. The van der Waals surface area contributed by atoms with E-state index in [9.17, 15) is 37.1 Å². The number of nitrogens with zero attached hydrogens (tertiary/aromatic N) is 3. The minimum absolute atomic E-state index is 0.0331. The second-order valence-electron chi connectivity index (χ2n) is 19.4. The Morgan fingerprint density at radius 1 is 1.03 bits per heavy atom. The van der Waals surface area contributed by atoms with E-state index in [0.717, 1.165) is 30.0 Å². The van der Waals surface area contributed by atoms with Crippen LogP contribution in [0.4, 0.5) is 28.9 Å². The highest BCUT2D eigenvalue weighted by atomic mass is 35.5. The number of hydrogen-bond acceptors (Lipinski definition) is 9. The highest BCUT2D eigenvalue weighted by Gasteiger charge is 2.62. The van der Waals surface area contributed by atoms with Crippen LogP contribution in [0, 0.1) is 11.2 Å². The van der Waals surface area contributed by atoms with Crippen molar-refractivity contribution < 1.29 is 46.3 Å². The lowest BCUT2D eigenvalue weighted by molar-refractivity contribution is -0.141. The molecule has 6 atom stereocenters. The van der Waals surface area contributed by atoms with Crippen molar-refractivity contribution in [2.45, 2.75) is 101 Å². The number of likely N-dealkylation sites (tertiary alicyclic amines) is 1. The number of pyridine rings is 1. The fourth-order valence-electron chi connectivity index (χ4n) is 10.9. The summed E-state index contributed by atoms with van der Waals surface area (Å²) in [6.45, 7) is 7.24. The quantitative estimate of drug-likeness (QED) is 0.103. The average molecular weight is 944 g/mol. The number of imide groups is 1. The third-order valence-electron chi connectivity index (χ3n) is 14.0. The Kier molecular flexibility index (Phi) is 11.8. The number of benzene rings is 3. The molecule has 1 aromatic heterocycles. The Hall–Kier alpha value is -6.07. The van der Waals surface area contributed by atoms with Gasteiger partial charge in [0.2, 0.25) is 17.7 Å². The molecule has 6 heterocycles. The first-order valence-corrected chi connectivity index (χ1v) is 22.7. The predicted molar refractivity (Wildman–Crippen MR) is 240 cm³/mol. The Bertz CT molecular complexity index is 2710. The molecule has 1 spiro atoms. The maximum atomic E-state index is 16.3. The van der Waals surface area contributed by atoms with Crippen molar-refractivity contribution in [3.05, 3.63) is 117 Å². The average Bonchev–Trinajstić information content (AvgIpc) is 3.94. The van der Waals surface area contributed by atoms with Crippen LogP contribution in [-0.2, 0) is 32.5 Å². The summed E-state index contributed by atoms with van der Waals surface area (Å²) in [6, 6.07) is 13.4. The van der Waals surface area contributed by atoms with Gasteiger partial charge in [-0.15, -0.1) is 0 Å². The molecule has 0 saturated carbocycles. The normalized spacial score (nSPS) is 24.9. The molecule has 5 amide bonds. The van der Waals surface area contributed by atoms with Crippen LogP contribution >= 0.6 is 11.6 Å². The largest absolute Gasteiger partial charge is 0.495 e. The number of fused-ring (bicyclic) bond motifs is 3. The summed E-state index contributed by atoms with van der Waals surface area (Å²) in [5.41, 5.74) is 0.958. The van der Waals surface area contributed by atoms with E-state index in [1.54, 1.807) is 41.3 Å². The van der Waals surface area contributed by atoms with Crippen molar-refractivity contribution in [2.75, 3.05) is 37.4 Å². The number of carbonyl (C=O) groups excluding carboxylic acids is 5. The Labute approximate surface area is 389 Å². The van der Waals surface area contributed by atoms with Crippen molar-refractivity contribution in [1.82, 2.24) is 25.4 Å². The number of rotatable bonds is 8. The maximum absolute atomic E-state index is 16.3. The van der Waals surface area contributed by atoms with E-state index in [1.807, 2.05) is 32.9 Å². The monoisotopic (exact) mass is 943 g/mol. The highest BCUT2D eigenvalue weighted by molar-refractivity contribution is 6.30. The Morgan fingerprint density at radius 2 is 1.82 bits per heavy atom. The number of alkyl halides is 3. The van der Waals surface area contributed by atoms with E-state index < -0.39 is 59.0 Å². The van der Waals surface area contributed by atoms with Gasteiger partial charge in [-0.2, -0.15) is 13.2 Å². The van der Waals surface area contributed by atoms with Crippen LogP contribution in [-0.4, -0.2) is 89.2 Å². The minimum Gasteiger partial charge on any atom is -0.495 e. The number of aromatic nitrogens is 1. The number of nitrogens with one attached hydrogen (secondary N) is 4. The molecule has 5 aliphatic rings. The molecule has 13 nitrogen and oxygen atoms in total. The van der Waals surface area contributed by atoms with E-state index in [0.29, 0.717) is 36.2 Å². The first-order valence-electron chi connectivity index (χ1n) is 22.3. The number of carbonyl (C=O) groups is 5. The third kappa shape index (κ3) is 8.38. The summed E-state index contributed by atoms with van der Waals surface area (Å²) in [5, 5.41) is 11.7. The molecule has 18 heteroatoms.